The van der Waals surface area contributed by atoms with Crippen LogP contribution in [0.1, 0.15) is 27.3 Å². The summed E-state index contributed by atoms with van der Waals surface area (Å²) in [6.07, 6.45) is 0. The van der Waals surface area contributed by atoms with Crippen molar-refractivity contribution in [3.8, 4) is 0 Å². The Morgan fingerprint density at radius 2 is 1.80 bits per heavy atom. The minimum Gasteiger partial charge on any atom is -0.330 e. The lowest BCUT2D eigenvalue weighted by atomic mass is 10.1. The van der Waals surface area contributed by atoms with Crippen LogP contribution in [0.3, 0.4) is 0 Å². The Bertz CT molecular complexity index is 1160. The standard InChI is InChI=1S/C22H23N5O3/c1-15-6-8-18(9-7-15)23-19(28)14-27-22(30)26-11-10-25(21(29)20(26)24-27)13-17-5-3-4-16(2)12-17/h3-9,12H,10-11,13-14H2,1-2H3,(H,23,28). The molecular weight excluding hydrogens is 382 g/mol. The average Bonchev–Trinajstić information content (AvgIpc) is 3.02. The van der Waals surface area contributed by atoms with E-state index in [2.05, 4.69) is 10.4 Å². The van der Waals surface area contributed by atoms with Gasteiger partial charge in [0.1, 0.15) is 6.54 Å². The number of amides is 2. The van der Waals surface area contributed by atoms with Crippen LogP contribution in [-0.4, -0.2) is 37.6 Å². The zero-order valence-electron chi connectivity index (χ0n) is 17.0. The first kappa shape index (κ1) is 19.6. The average molecular weight is 405 g/mol. The van der Waals surface area contributed by atoms with Gasteiger partial charge in [0.25, 0.3) is 5.91 Å². The van der Waals surface area contributed by atoms with Gasteiger partial charge in [-0.15, -0.1) is 5.10 Å². The van der Waals surface area contributed by atoms with Gasteiger partial charge in [-0.1, -0.05) is 47.5 Å². The Labute approximate surface area is 173 Å². The molecule has 0 atom stereocenters. The number of aromatic nitrogens is 3. The van der Waals surface area contributed by atoms with E-state index in [1.165, 1.54) is 4.57 Å². The Kier molecular flexibility index (Phi) is 5.22. The highest BCUT2D eigenvalue weighted by Gasteiger charge is 2.30. The second-order valence-corrected chi connectivity index (χ2v) is 7.55. The third kappa shape index (κ3) is 4.03. The predicted octanol–water partition coefficient (Wildman–Crippen LogP) is 1.96. The van der Waals surface area contributed by atoms with Gasteiger partial charge in [-0.2, -0.15) is 0 Å². The zero-order chi connectivity index (χ0) is 21.3. The van der Waals surface area contributed by atoms with Crippen molar-refractivity contribution in [2.45, 2.75) is 33.5 Å². The quantitative estimate of drug-likeness (QED) is 0.703. The Balaban J connectivity index is 1.48. The second-order valence-electron chi connectivity index (χ2n) is 7.55. The molecule has 0 fully saturated rings. The molecule has 154 valence electrons. The number of rotatable bonds is 5. The van der Waals surface area contributed by atoms with Gasteiger partial charge in [0.15, 0.2) is 0 Å². The molecule has 8 nitrogen and oxygen atoms in total. The molecule has 1 aliphatic rings. The van der Waals surface area contributed by atoms with E-state index in [0.29, 0.717) is 25.3 Å². The van der Waals surface area contributed by atoms with E-state index >= 15 is 0 Å². The summed E-state index contributed by atoms with van der Waals surface area (Å²) in [7, 11) is 0. The number of carbonyl (C=O) groups is 2. The molecule has 1 aromatic heterocycles. The summed E-state index contributed by atoms with van der Waals surface area (Å²) in [5.41, 5.74) is 3.42. The van der Waals surface area contributed by atoms with E-state index in [0.717, 1.165) is 21.4 Å². The number of carbonyl (C=O) groups excluding carboxylic acids is 2. The lowest BCUT2D eigenvalue weighted by Crippen LogP contribution is -2.42. The van der Waals surface area contributed by atoms with Crippen molar-refractivity contribution in [3.05, 3.63) is 81.5 Å². The summed E-state index contributed by atoms with van der Waals surface area (Å²) in [5.74, 6) is -0.611. The van der Waals surface area contributed by atoms with Crippen molar-refractivity contribution in [1.82, 2.24) is 19.2 Å². The fraction of sp³-hybridized carbons (Fsp3) is 0.273. The highest BCUT2D eigenvalue weighted by atomic mass is 16.2. The molecule has 0 spiro atoms. The van der Waals surface area contributed by atoms with Gasteiger partial charge in [0.05, 0.1) is 0 Å². The van der Waals surface area contributed by atoms with Crippen molar-refractivity contribution in [3.63, 3.8) is 0 Å². The maximum Gasteiger partial charge on any atom is 0.346 e. The maximum atomic E-state index is 12.9. The molecule has 8 heteroatoms. The van der Waals surface area contributed by atoms with E-state index in [1.807, 2.05) is 50.2 Å². The minimum absolute atomic E-state index is 0.0713. The molecule has 4 rings (SSSR count). The topological polar surface area (TPSA) is 89.2 Å². The largest absolute Gasteiger partial charge is 0.346 e. The highest BCUT2D eigenvalue weighted by molar-refractivity contribution is 5.92. The number of nitrogens with one attached hydrogen (secondary N) is 1. The van der Waals surface area contributed by atoms with Crippen LogP contribution in [0, 0.1) is 13.8 Å². The van der Waals surface area contributed by atoms with Crippen LogP contribution in [0.25, 0.3) is 0 Å². The summed E-state index contributed by atoms with van der Waals surface area (Å²) < 4.78 is 2.39. The van der Waals surface area contributed by atoms with Gasteiger partial charge in [-0.3, -0.25) is 14.2 Å². The summed E-state index contributed by atoms with van der Waals surface area (Å²) in [6.45, 7) is 4.93. The van der Waals surface area contributed by atoms with Crippen molar-refractivity contribution < 1.29 is 9.59 Å². The molecule has 2 aromatic carbocycles. The van der Waals surface area contributed by atoms with Crippen LogP contribution < -0.4 is 11.0 Å². The molecule has 1 aliphatic heterocycles. The molecule has 0 radical (unpaired) electrons. The highest BCUT2D eigenvalue weighted by Crippen LogP contribution is 2.14. The normalized spacial score (nSPS) is 13.3. The van der Waals surface area contributed by atoms with E-state index in [-0.39, 0.29) is 24.2 Å². The number of anilines is 1. The number of hydrogen-bond donors (Lipinski definition) is 1. The van der Waals surface area contributed by atoms with Crippen LogP contribution in [0.15, 0.2) is 53.3 Å². The van der Waals surface area contributed by atoms with Crippen LogP contribution in [0.4, 0.5) is 5.69 Å². The van der Waals surface area contributed by atoms with Crippen molar-refractivity contribution in [2.75, 3.05) is 11.9 Å². The molecule has 0 saturated carbocycles. The molecule has 1 N–H and O–H groups in total. The fourth-order valence-corrected chi connectivity index (χ4v) is 3.52. The van der Waals surface area contributed by atoms with Crippen LogP contribution in [0.2, 0.25) is 0 Å². The Hall–Kier alpha value is -3.68. The van der Waals surface area contributed by atoms with Crippen molar-refractivity contribution in [2.24, 2.45) is 0 Å². The fourth-order valence-electron chi connectivity index (χ4n) is 3.52. The maximum absolute atomic E-state index is 12.9. The van der Waals surface area contributed by atoms with Gasteiger partial charge in [-0.25, -0.2) is 9.48 Å². The van der Waals surface area contributed by atoms with Crippen LogP contribution in [0.5, 0.6) is 0 Å². The molecule has 2 amide bonds. The van der Waals surface area contributed by atoms with Gasteiger partial charge in [0.2, 0.25) is 11.7 Å². The minimum atomic E-state index is -0.451. The number of aryl methyl sites for hydroxylation is 2. The molecule has 0 bridgehead atoms. The van der Waals surface area contributed by atoms with Crippen molar-refractivity contribution >= 4 is 17.5 Å². The van der Waals surface area contributed by atoms with E-state index < -0.39 is 5.69 Å². The summed E-state index contributed by atoms with van der Waals surface area (Å²) in [6, 6.07) is 15.3. The third-order valence-electron chi connectivity index (χ3n) is 5.08. The summed E-state index contributed by atoms with van der Waals surface area (Å²) >= 11 is 0. The summed E-state index contributed by atoms with van der Waals surface area (Å²) in [4.78, 5) is 39.5. The molecule has 30 heavy (non-hydrogen) atoms. The second kappa shape index (κ2) is 7.98. The molecular formula is C22H23N5O3. The SMILES string of the molecule is Cc1ccc(NC(=O)Cn2nc3n(c2=O)CCN(Cc2cccc(C)c2)C3=O)cc1. The number of benzene rings is 2. The van der Waals surface area contributed by atoms with Gasteiger partial charge >= 0.3 is 5.69 Å². The Morgan fingerprint density at radius 1 is 1.03 bits per heavy atom. The first-order valence-electron chi connectivity index (χ1n) is 9.80. The van der Waals surface area contributed by atoms with Crippen molar-refractivity contribution in [1.29, 1.82) is 0 Å². The summed E-state index contributed by atoms with van der Waals surface area (Å²) in [5, 5.41) is 6.89. The van der Waals surface area contributed by atoms with Gasteiger partial charge in [0, 0.05) is 25.3 Å². The first-order valence-corrected chi connectivity index (χ1v) is 9.80. The van der Waals surface area contributed by atoms with E-state index in [1.54, 1.807) is 17.0 Å². The van der Waals surface area contributed by atoms with E-state index in [9.17, 15) is 14.4 Å². The first-order chi connectivity index (χ1) is 14.4. The predicted molar refractivity (Wildman–Crippen MR) is 112 cm³/mol. The molecule has 2 heterocycles. The number of nitrogens with zero attached hydrogens (tertiary/aromatic N) is 4. The molecule has 0 saturated heterocycles. The molecule has 0 aliphatic carbocycles. The number of hydrogen-bond acceptors (Lipinski definition) is 4. The van der Waals surface area contributed by atoms with Gasteiger partial charge < -0.3 is 10.2 Å². The Morgan fingerprint density at radius 3 is 2.53 bits per heavy atom. The smallest absolute Gasteiger partial charge is 0.330 e. The third-order valence-corrected chi connectivity index (χ3v) is 5.08. The monoisotopic (exact) mass is 405 g/mol. The molecule has 3 aromatic rings. The number of fused-ring (bicyclic) bond motifs is 1. The zero-order valence-corrected chi connectivity index (χ0v) is 17.0. The van der Waals surface area contributed by atoms with Crippen LogP contribution in [-0.2, 0) is 24.4 Å². The van der Waals surface area contributed by atoms with Crippen LogP contribution >= 0.6 is 0 Å². The lowest BCUT2D eigenvalue weighted by Gasteiger charge is -2.26. The van der Waals surface area contributed by atoms with Gasteiger partial charge in [-0.05, 0) is 31.5 Å². The lowest BCUT2D eigenvalue weighted by molar-refractivity contribution is -0.117. The van der Waals surface area contributed by atoms with E-state index in [4.69, 9.17) is 0 Å². The molecule has 0 unspecified atom stereocenters.